The molecule has 0 bridgehead atoms. The van der Waals surface area contributed by atoms with Crippen molar-refractivity contribution >= 4 is 29.2 Å². The van der Waals surface area contributed by atoms with Gasteiger partial charge in [0.15, 0.2) is 5.75 Å². The Hall–Kier alpha value is -3.03. The number of hydrogen-bond donors (Lipinski definition) is 2. The van der Waals surface area contributed by atoms with Gasteiger partial charge in [-0.25, -0.2) is 4.79 Å². The molecule has 0 radical (unpaired) electrons. The normalized spacial score (nSPS) is 13.7. The van der Waals surface area contributed by atoms with Crippen LogP contribution in [0.25, 0.3) is 0 Å². The van der Waals surface area contributed by atoms with Crippen LogP contribution in [-0.2, 0) is 14.3 Å². The molecule has 0 aromatic heterocycles. The van der Waals surface area contributed by atoms with Gasteiger partial charge in [-0.2, -0.15) is 0 Å². The molecule has 1 aliphatic rings. The third-order valence-electron chi connectivity index (χ3n) is 4.14. The summed E-state index contributed by atoms with van der Waals surface area (Å²) in [5, 5.41) is 12.7. The van der Waals surface area contributed by atoms with E-state index in [9.17, 15) is 9.59 Å². The van der Waals surface area contributed by atoms with Gasteiger partial charge in [-0.3, -0.25) is 4.79 Å². The number of para-hydroxylation sites is 2. The Morgan fingerprint density at radius 2 is 1.93 bits per heavy atom. The fourth-order valence-corrected chi connectivity index (χ4v) is 2.90. The standard InChI is InChI=1S/C20H19ClN2O5/c1-27-20(26)15-12-23(10-11-24)19(25)18(15)22-16-4-2-3-5-17(16)28-14-8-6-13(21)7-9-14/h2-9,22,24H,10-12H2,1H3. The zero-order valence-corrected chi connectivity index (χ0v) is 15.9. The van der Waals surface area contributed by atoms with E-state index in [0.717, 1.165) is 0 Å². The highest BCUT2D eigenvalue weighted by atomic mass is 35.5. The number of hydrogen-bond acceptors (Lipinski definition) is 6. The summed E-state index contributed by atoms with van der Waals surface area (Å²) in [6.45, 7) is -0.0220. The van der Waals surface area contributed by atoms with Gasteiger partial charge in [-0.1, -0.05) is 23.7 Å². The zero-order valence-electron chi connectivity index (χ0n) is 15.1. The van der Waals surface area contributed by atoms with Crippen LogP contribution in [0.15, 0.2) is 59.8 Å². The molecule has 0 atom stereocenters. The SMILES string of the molecule is COC(=O)C1=C(Nc2ccccc2Oc2ccc(Cl)cc2)C(=O)N(CCO)C1. The third-order valence-corrected chi connectivity index (χ3v) is 4.39. The lowest BCUT2D eigenvalue weighted by atomic mass is 10.2. The third kappa shape index (κ3) is 4.27. The second kappa shape index (κ2) is 8.77. The summed E-state index contributed by atoms with van der Waals surface area (Å²) in [5.74, 6) is 0.0403. The Labute approximate surface area is 167 Å². The van der Waals surface area contributed by atoms with E-state index in [1.807, 2.05) is 0 Å². The molecule has 1 amide bonds. The van der Waals surface area contributed by atoms with Gasteiger partial charge in [0.25, 0.3) is 5.91 Å². The molecule has 2 aromatic carbocycles. The van der Waals surface area contributed by atoms with Crippen molar-refractivity contribution in [2.75, 3.05) is 32.1 Å². The number of esters is 1. The van der Waals surface area contributed by atoms with E-state index in [-0.39, 0.29) is 31.0 Å². The molecule has 2 N–H and O–H groups in total. The molecule has 0 spiro atoms. The largest absolute Gasteiger partial charge is 0.466 e. The molecular weight excluding hydrogens is 384 g/mol. The molecule has 0 saturated heterocycles. The molecule has 0 aliphatic carbocycles. The van der Waals surface area contributed by atoms with Crippen LogP contribution in [0, 0.1) is 0 Å². The first-order chi connectivity index (χ1) is 13.5. The lowest BCUT2D eigenvalue weighted by Crippen LogP contribution is -2.31. The summed E-state index contributed by atoms with van der Waals surface area (Å²) >= 11 is 5.90. The minimum Gasteiger partial charge on any atom is -0.466 e. The van der Waals surface area contributed by atoms with Crippen LogP contribution in [0.3, 0.4) is 0 Å². The Balaban J connectivity index is 1.90. The Kier molecular flexibility index (Phi) is 6.18. The number of halogens is 1. The predicted octanol–water partition coefficient (Wildman–Crippen LogP) is 2.81. The van der Waals surface area contributed by atoms with Crippen LogP contribution in [0.5, 0.6) is 11.5 Å². The summed E-state index contributed by atoms with van der Waals surface area (Å²) in [4.78, 5) is 26.2. The number of nitrogens with one attached hydrogen (secondary N) is 1. The number of aliphatic hydroxyl groups is 1. The van der Waals surface area contributed by atoms with Crippen molar-refractivity contribution in [1.29, 1.82) is 0 Å². The van der Waals surface area contributed by atoms with Gasteiger partial charge in [-0.15, -0.1) is 0 Å². The highest BCUT2D eigenvalue weighted by molar-refractivity contribution is 6.30. The number of nitrogens with zero attached hydrogens (tertiary/aromatic N) is 1. The first-order valence-electron chi connectivity index (χ1n) is 8.54. The van der Waals surface area contributed by atoms with Crippen LogP contribution < -0.4 is 10.1 Å². The number of carbonyl (C=O) groups excluding carboxylic acids is 2. The molecule has 3 rings (SSSR count). The number of benzene rings is 2. The maximum atomic E-state index is 12.7. The molecule has 146 valence electrons. The Bertz CT molecular complexity index is 911. The van der Waals surface area contributed by atoms with Crippen molar-refractivity contribution in [1.82, 2.24) is 4.90 Å². The number of aliphatic hydroxyl groups excluding tert-OH is 1. The number of β-amino-alcohol motifs (C(OH)–C–C–N with tert-alkyl or cyclic N) is 1. The zero-order chi connectivity index (χ0) is 20.1. The van der Waals surface area contributed by atoms with Crippen molar-refractivity contribution in [2.45, 2.75) is 0 Å². The van der Waals surface area contributed by atoms with E-state index in [4.69, 9.17) is 26.2 Å². The summed E-state index contributed by atoms with van der Waals surface area (Å²) < 4.78 is 10.7. The summed E-state index contributed by atoms with van der Waals surface area (Å²) in [5.41, 5.74) is 0.808. The molecule has 0 fully saturated rings. The van der Waals surface area contributed by atoms with Crippen molar-refractivity contribution < 1.29 is 24.2 Å². The molecule has 0 unspecified atom stereocenters. The molecule has 2 aromatic rings. The van der Waals surface area contributed by atoms with Crippen LogP contribution in [0.1, 0.15) is 0 Å². The average molecular weight is 403 g/mol. The quantitative estimate of drug-likeness (QED) is 0.692. The molecule has 7 nitrogen and oxygen atoms in total. The van der Waals surface area contributed by atoms with Gasteiger partial charge in [0, 0.05) is 11.6 Å². The van der Waals surface area contributed by atoms with Gasteiger partial charge in [0.1, 0.15) is 11.4 Å². The lowest BCUT2D eigenvalue weighted by Gasteiger charge is -2.16. The fourth-order valence-electron chi connectivity index (χ4n) is 2.77. The van der Waals surface area contributed by atoms with E-state index in [0.29, 0.717) is 22.2 Å². The molecular formula is C20H19ClN2O5. The molecule has 8 heteroatoms. The topological polar surface area (TPSA) is 88.1 Å². The van der Waals surface area contributed by atoms with Crippen LogP contribution in [-0.4, -0.2) is 48.7 Å². The average Bonchev–Trinajstić information content (AvgIpc) is 3.01. The van der Waals surface area contributed by atoms with E-state index >= 15 is 0 Å². The van der Waals surface area contributed by atoms with E-state index in [1.165, 1.54) is 12.0 Å². The lowest BCUT2D eigenvalue weighted by molar-refractivity contribution is -0.136. The Morgan fingerprint density at radius 3 is 2.61 bits per heavy atom. The number of methoxy groups -OCH3 is 1. The highest BCUT2D eigenvalue weighted by Crippen LogP contribution is 2.32. The minimum absolute atomic E-state index is 0.0641. The van der Waals surface area contributed by atoms with Crippen LogP contribution in [0.2, 0.25) is 5.02 Å². The molecule has 0 saturated carbocycles. The molecule has 1 aliphatic heterocycles. The van der Waals surface area contributed by atoms with Gasteiger partial charge in [-0.05, 0) is 36.4 Å². The number of anilines is 1. The second-order valence-electron chi connectivity index (χ2n) is 5.97. The second-order valence-corrected chi connectivity index (χ2v) is 6.41. The highest BCUT2D eigenvalue weighted by Gasteiger charge is 2.34. The van der Waals surface area contributed by atoms with Crippen LogP contribution in [0.4, 0.5) is 5.69 Å². The predicted molar refractivity (Wildman–Crippen MR) is 104 cm³/mol. The van der Waals surface area contributed by atoms with E-state index in [1.54, 1.807) is 48.5 Å². The number of carbonyl (C=O) groups is 2. The van der Waals surface area contributed by atoms with Crippen molar-refractivity contribution in [3.8, 4) is 11.5 Å². The fraction of sp³-hybridized carbons (Fsp3) is 0.200. The van der Waals surface area contributed by atoms with Gasteiger partial charge >= 0.3 is 5.97 Å². The van der Waals surface area contributed by atoms with Gasteiger partial charge in [0.2, 0.25) is 0 Å². The monoisotopic (exact) mass is 402 g/mol. The summed E-state index contributed by atoms with van der Waals surface area (Å²) in [6.07, 6.45) is 0. The van der Waals surface area contributed by atoms with Crippen molar-refractivity contribution in [2.24, 2.45) is 0 Å². The molecule has 1 heterocycles. The van der Waals surface area contributed by atoms with E-state index in [2.05, 4.69) is 5.32 Å². The van der Waals surface area contributed by atoms with Crippen molar-refractivity contribution in [3.05, 3.63) is 64.8 Å². The summed E-state index contributed by atoms with van der Waals surface area (Å²) in [7, 11) is 1.25. The van der Waals surface area contributed by atoms with Crippen LogP contribution >= 0.6 is 11.6 Å². The number of rotatable bonds is 7. The number of ether oxygens (including phenoxy) is 2. The molecule has 28 heavy (non-hydrogen) atoms. The minimum atomic E-state index is -0.604. The first-order valence-corrected chi connectivity index (χ1v) is 8.92. The summed E-state index contributed by atoms with van der Waals surface area (Å²) in [6, 6.07) is 13.9. The van der Waals surface area contributed by atoms with Crippen molar-refractivity contribution in [3.63, 3.8) is 0 Å². The van der Waals surface area contributed by atoms with Gasteiger partial charge < -0.3 is 24.8 Å². The first kappa shape index (κ1) is 19.7. The smallest absolute Gasteiger partial charge is 0.337 e. The maximum Gasteiger partial charge on any atom is 0.337 e. The van der Waals surface area contributed by atoms with E-state index < -0.39 is 11.9 Å². The number of amides is 1. The van der Waals surface area contributed by atoms with Gasteiger partial charge in [0.05, 0.1) is 31.5 Å². The Morgan fingerprint density at radius 1 is 1.21 bits per heavy atom. The maximum absolute atomic E-state index is 12.7.